The van der Waals surface area contributed by atoms with Crippen LogP contribution in [0.15, 0.2) is 12.1 Å². The summed E-state index contributed by atoms with van der Waals surface area (Å²) in [5.74, 6) is -1.09. The van der Waals surface area contributed by atoms with E-state index in [1.807, 2.05) is 13.8 Å². The monoisotopic (exact) mass is 678 g/mol. The second kappa shape index (κ2) is 13.2. The number of methoxy groups -OCH3 is 1. The highest BCUT2D eigenvalue weighted by molar-refractivity contribution is 7.23. The number of thiophene rings is 1. The van der Waals surface area contributed by atoms with Crippen molar-refractivity contribution in [2.75, 3.05) is 49.2 Å². The predicted octanol–water partition coefficient (Wildman–Crippen LogP) is 6.75. The van der Waals surface area contributed by atoms with Crippen molar-refractivity contribution >= 4 is 48.8 Å². The van der Waals surface area contributed by atoms with Crippen LogP contribution >= 0.6 is 11.3 Å². The highest BCUT2D eigenvalue weighted by atomic mass is 32.1. The molecule has 4 aromatic rings. The number of halogens is 5. The van der Waals surface area contributed by atoms with Crippen LogP contribution in [0.3, 0.4) is 0 Å². The number of anilines is 3. The van der Waals surface area contributed by atoms with Gasteiger partial charge in [0.05, 0.1) is 46.6 Å². The van der Waals surface area contributed by atoms with Gasteiger partial charge in [0.2, 0.25) is 0 Å². The Balaban J connectivity index is 0.000000298. The fourth-order valence-corrected chi connectivity index (χ4v) is 8.43. The zero-order valence-corrected chi connectivity index (χ0v) is 27.5. The van der Waals surface area contributed by atoms with E-state index in [4.69, 9.17) is 10.5 Å². The lowest BCUT2D eigenvalue weighted by atomic mass is 9.83. The Kier molecular flexibility index (Phi) is 9.38. The fourth-order valence-electron chi connectivity index (χ4n) is 7.41. The van der Waals surface area contributed by atoms with Crippen LogP contribution in [-0.4, -0.2) is 84.0 Å². The van der Waals surface area contributed by atoms with Gasteiger partial charge in [-0.2, -0.15) is 9.97 Å². The van der Waals surface area contributed by atoms with Crippen LogP contribution in [0, 0.1) is 11.6 Å². The Morgan fingerprint density at radius 3 is 2.62 bits per heavy atom. The molecule has 47 heavy (non-hydrogen) atoms. The zero-order valence-electron chi connectivity index (χ0n) is 26.7. The number of nitrogens with two attached hydrogens (primary N) is 1. The van der Waals surface area contributed by atoms with E-state index in [0.29, 0.717) is 50.1 Å². The number of alkyl halides is 3. The molecular weight excluding hydrogens is 639 g/mol. The highest BCUT2D eigenvalue weighted by Gasteiger charge is 2.38. The number of ether oxygens (including phenoxy) is 1. The molecule has 2 aromatic carbocycles. The van der Waals surface area contributed by atoms with Crippen molar-refractivity contribution in [2.45, 2.75) is 77.2 Å². The summed E-state index contributed by atoms with van der Waals surface area (Å²) in [4.78, 5) is 12.2. The molecule has 4 N–H and O–H groups in total. The number of hydrogen-bond acceptors (Lipinski definition) is 9. The van der Waals surface area contributed by atoms with Crippen LogP contribution in [0.5, 0.6) is 6.01 Å². The molecule has 0 radical (unpaired) electrons. The van der Waals surface area contributed by atoms with Gasteiger partial charge in [0.1, 0.15) is 23.3 Å². The van der Waals surface area contributed by atoms with Gasteiger partial charge in [0.25, 0.3) is 6.43 Å². The molecule has 2 fully saturated rings. The smallest absolute Gasteiger partial charge is 0.318 e. The normalized spacial score (nSPS) is 21.8. The first kappa shape index (κ1) is 33.4. The first-order chi connectivity index (χ1) is 22.6. The van der Waals surface area contributed by atoms with Crippen molar-refractivity contribution in [3.63, 3.8) is 0 Å². The number of nitrogens with zero attached hydrogens (tertiary/aromatic N) is 4. The van der Waals surface area contributed by atoms with Crippen LogP contribution in [-0.2, 0) is 6.42 Å². The number of aromatic nitrogens is 2. The van der Waals surface area contributed by atoms with Crippen molar-refractivity contribution in [1.82, 2.24) is 14.9 Å². The number of fused-ring (bicyclic) bond motifs is 4. The Morgan fingerprint density at radius 2 is 1.94 bits per heavy atom. The van der Waals surface area contributed by atoms with Gasteiger partial charge >= 0.3 is 6.01 Å². The topological polar surface area (TPSA) is 99.8 Å². The third-order valence-electron chi connectivity index (χ3n) is 9.39. The van der Waals surface area contributed by atoms with Crippen molar-refractivity contribution < 1.29 is 31.8 Å². The number of benzene rings is 2. The first-order valence-electron chi connectivity index (χ1n) is 16.0. The van der Waals surface area contributed by atoms with Gasteiger partial charge in [-0.15, -0.1) is 11.3 Å². The van der Waals surface area contributed by atoms with Gasteiger partial charge in [0, 0.05) is 36.5 Å². The Bertz CT molecular complexity index is 1790. The second-order valence-electron chi connectivity index (χ2n) is 12.1. The SMILES string of the molecule is CC.COc1nc2c3c(c4c(c(F)c3n1)-c1ccc(F)c3sc(N)c(c13)C4)NCC(C(C)O)N2CC(F)F.FC1CC2CCCN2C1. The van der Waals surface area contributed by atoms with Crippen LogP contribution in [0.2, 0.25) is 0 Å². The van der Waals surface area contributed by atoms with Crippen molar-refractivity contribution in [3.05, 3.63) is 34.9 Å². The van der Waals surface area contributed by atoms with Gasteiger partial charge in [-0.1, -0.05) is 19.9 Å². The summed E-state index contributed by atoms with van der Waals surface area (Å²) in [6.45, 7) is 6.71. The summed E-state index contributed by atoms with van der Waals surface area (Å²) in [6, 6.07) is 2.41. The van der Waals surface area contributed by atoms with Crippen LogP contribution in [0.1, 0.15) is 51.2 Å². The molecule has 2 saturated heterocycles. The summed E-state index contributed by atoms with van der Waals surface area (Å²) in [7, 11) is 1.30. The minimum atomic E-state index is -2.74. The summed E-state index contributed by atoms with van der Waals surface area (Å²) in [5, 5.41) is 14.9. The fraction of sp³-hybridized carbons (Fsp3) is 0.515. The maximum atomic E-state index is 16.4. The van der Waals surface area contributed by atoms with Crippen molar-refractivity contribution in [2.24, 2.45) is 0 Å². The molecule has 5 heterocycles. The van der Waals surface area contributed by atoms with Gasteiger partial charge in [-0.25, -0.2) is 22.0 Å². The van der Waals surface area contributed by atoms with Crippen LogP contribution in [0.4, 0.5) is 38.5 Å². The van der Waals surface area contributed by atoms with E-state index in [0.717, 1.165) is 24.3 Å². The van der Waals surface area contributed by atoms with E-state index in [1.165, 1.54) is 43.9 Å². The highest BCUT2D eigenvalue weighted by Crippen LogP contribution is 2.52. The number of nitrogen functional groups attached to an aromatic ring is 1. The lowest BCUT2D eigenvalue weighted by Gasteiger charge is -2.33. The predicted molar refractivity (Wildman–Crippen MR) is 177 cm³/mol. The summed E-state index contributed by atoms with van der Waals surface area (Å²) >= 11 is 1.10. The third-order valence-corrected chi connectivity index (χ3v) is 10.5. The van der Waals surface area contributed by atoms with Crippen LogP contribution in [0.25, 0.3) is 32.1 Å². The minimum Gasteiger partial charge on any atom is -0.467 e. The average Bonchev–Trinajstić information content (AvgIpc) is 3.70. The number of hydrogen-bond donors (Lipinski definition) is 3. The Labute approximate surface area is 273 Å². The molecule has 3 aliphatic heterocycles. The number of aliphatic hydroxyl groups is 1. The maximum absolute atomic E-state index is 16.4. The van der Waals surface area contributed by atoms with E-state index in [9.17, 15) is 22.7 Å². The third kappa shape index (κ3) is 5.71. The largest absolute Gasteiger partial charge is 0.467 e. The van der Waals surface area contributed by atoms with Gasteiger partial charge in [-0.05, 0) is 55.5 Å². The summed E-state index contributed by atoms with van der Waals surface area (Å²) in [5.41, 5.74) is 8.56. The lowest BCUT2D eigenvalue weighted by molar-refractivity contribution is 0.129. The molecule has 8 rings (SSSR count). The Morgan fingerprint density at radius 1 is 1.17 bits per heavy atom. The Hall–Kier alpha value is -3.49. The van der Waals surface area contributed by atoms with E-state index < -0.39 is 42.9 Å². The molecule has 0 saturated carbocycles. The molecule has 8 nitrogen and oxygen atoms in total. The molecule has 4 atom stereocenters. The molecule has 254 valence electrons. The van der Waals surface area contributed by atoms with Crippen molar-refractivity contribution in [1.29, 1.82) is 0 Å². The molecule has 1 aliphatic carbocycles. The molecule has 0 amide bonds. The molecule has 0 bridgehead atoms. The quantitative estimate of drug-likeness (QED) is 0.180. The van der Waals surface area contributed by atoms with E-state index in [2.05, 4.69) is 20.2 Å². The van der Waals surface area contributed by atoms with Gasteiger partial charge in [0.15, 0.2) is 5.82 Å². The van der Waals surface area contributed by atoms with Crippen molar-refractivity contribution in [3.8, 4) is 17.1 Å². The van der Waals surface area contributed by atoms with Gasteiger partial charge in [-0.3, -0.25) is 4.90 Å². The standard InChI is InChI=1S/C24H21F4N5O2S.C7H12FN.C2H6/c1-8(34)13-6-30-19-10-5-11-16-9(3-4-12(25)21(16)36-22(11)29)15(10)18(28)20-17(19)23(32-24(31-20)35-2)33(13)7-14(26)27;8-6-4-7-2-1-3-9(7)5-6;1-2/h3-4,8,13-14,30,34H,5-7,29H2,1-2H3;6-7H,1-5H2;1-2H3. The van der Waals surface area contributed by atoms with E-state index in [-0.39, 0.29) is 41.3 Å². The molecule has 4 unspecified atom stereocenters. The number of aliphatic hydroxyl groups excluding tert-OH is 1. The van der Waals surface area contributed by atoms with Gasteiger partial charge < -0.3 is 25.8 Å². The average molecular weight is 679 g/mol. The van der Waals surface area contributed by atoms with E-state index >= 15 is 4.39 Å². The number of nitrogens with one attached hydrogen (secondary N) is 1. The maximum Gasteiger partial charge on any atom is 0.318 e. The first-order valence-corrected chi connectivity index (χ1v) is 16.8. The molecule has 2 aromatic heterocycles. The molecule has 4 aliphatic rings. The second-order valence-corrected chi connectivity index (χ2v) is 13.1. The zero-order chi connectivity index (χ0) is 33.7. The lowest BCUT2D eigenvalue weighted by Crippen LogP contribution is -2.48. The molecule has 0 spiro atoms. The van der Waals surface area contributed by atoms with Crippen LogP contribution < -0.4 is 20.7 Å². The molecule has 14 heteroatoms. The number of rotatable bonds is 4. The minimum absolute atomic E-state index is 0.0399. The summed E-state index contributed by atoms with van der Waals surface area (Å²) < 4.78 is 76.5. The molecular formula is C33H39F5N6O2S. The summed E-state index contributed by atoms with van der Waals surface area (Å²) in [6.07, 6.45) is -0.745. The van der Waals surface area contributed by atoms with E-state index in [1.54, 1.807) is 0 Å².